The minimum absolute atomic E-state index is 0.375. The summed E-state index contributed by atoms with van der Waals surface area (Å²) in [6, 6.07) is 7.16. The third-order valence-electron chi connectivity index (χ3n) is 1.34. The molecule has 1 amide bonds. The van der Waals surface area contributed by atoms with E-state index in [0.717, 1.165) is 11.6 Å². The van der Waals surface area contributed by atoms with E-state index in [2.05, 4.69) is 0 Å². The van der Waals surface area contributed by atoms with Gasteiger partial charge < -0.3 is 5.73 Å². The molecular weight excluding hydrogens is 168 g/mol. The summed E-state index contributed by atoms with van der Waals surface area (Å²) in [4.78, 5) is 18.9. The Labute approximate surface area is 75.9 Å². The van der Waals surface area contributed by atoms with Crippen LogP contribution in [0.15, 0.2) is 24.3 Å². The summed E-state index contributed by atoms with van der Waals surface area (Å²) in [5, 5.41) is 5.40. The molecule has 0 aromatic heterocycles. The van der Waals surface area contributed by atoms with Crippen LogP contribution in [0, 0.1) is 12.3 Å². The number of nitrogens with two attached hydrogens (primary N) is 1. The molecule has 3 N–H and O–H groups in total. The monoisotopic (exact) mass is 178 g/mol. The van der Waals surface area contributed by atoms with Crippen LogP contribution in [0.3, 0.4) is 0 Å². The first kappa shape index (κ1) is 11.1. The molecule has 0 saturated heterocycles. The Bertz CT molecular complexity index is 311. The van der Waals surface area contributed by atoms with Crippen LogP contribution >= 0.6 is 0 Å². The Kier molecular flexibility index (Phi) is 4.84. The van der Waals surface area contributed by atoms with Crippen LogP contribution in [0.2, 0.25) is 0 Å². The van der Waals surface area contributed by atoms with Crippen molar-refractivity contribution in [1.82, 2.24) is 0 Å². The van der Waals surface area contributed by atoms with Crippen molar-refractivity contribution in [3.63, 3.8) is 0 Å². The first-order valence-electron chi connectivity index (χ1n) is 3.52. The number of benzene rings is 1. The van der Waals surface area contributed by atoms with Crippen molar-refractivity contribution in [1.29, 1.82) is 5.41 Å². The predicted octanol–water partition coefficient (Wildman–Crippen LogP) is 0.995. The van der Waals surface area contributed by atoms with Crippen molar-refractivity contribution in [3.05, 3.63) is 35.4 Å². The highest BCUT2D eigenvalue weighted by Crippen LogP contribution is 2.00. The summed E-state index contributed by atoms with van der Waals surface area (Å²) in [6.07, 6.45) is 0.750. The fourth-order valence-corrected chi connectivity index (χ4v) is 0.718. The van der Waals surface area contributed by atoms with Crippen molar-refractivity contribution in [2.24, 2.45) is 5.73 Å². The second-order valence-electron chi connectivity index (χ2n) is 2.33. The fourth-order valence-electron chi connectivity index (χ4n) is 0.718. The van der Waals surface area contributed by atoms with E-state index in [1.165, 1.54) is 0 Å². The molecule has 1 aromatic carbocycles. The van der Waals surface area contributed by atoms with E-state index >= 15 is 0 Å². The lowest BCUT2D eigenvalue weighted by molar-refractivity contribution is 0.100. The molecule has 0 saturated carbocycles. The Hall–Kier alpha value is -1.93. The Morgan fingerprint density at radius 3 is 2.08 bits per heavy atom. The normalized spacial score (nSPS) is 7.77. The van der Waals surface area contributed by atoms with Crippen molar-refractivity contribution >= 4 is 12.0 Å². The first-order valence-corrected chi connectivity index (χ1v) is 3.52. The lowest BCUT2D eigenvalue weighted by Gasteiger charge is -1.93. The minimum atomic E-state index is -0.375. The molecule has 13 heavy (non-hydrogen) atoms. The molecule has 0 unspecified atom stereocenters. The van der Waals surface area contributed by atoms with Crippen molar-refractivity contribution < 1.29 is 9.59 Å². The maximum atomic E-state index is 10.5. The largest absolute Gasteiger partial charge is 0.366 e. The van der Waals surface area contributed by atoms with Crippen LogP contribution in [-0.2, 0) is 4.79 Å². The van der Waals surface area contributed by atoms with E-state index in [0.29, 0.717) is 5.56 Å². The summed E-state index contributed by atoms with van der Waals surface area (Å²) in [6.45, 7) is 1.96. The molecule has 0 spiro atoms. The van der Waals surface area contributed by atoms with E-state index in [4.69, 9.17) is 15.9 Å². The number of isocyanates is 1. The average Bonchev–Trinajstić information content (AvgIpc) is 2.06. The van der Waals surface area contributed by atoms with Crippen LogP contribution in [0.4, 0.5) is 0 Å². The number of carbonyl (C=O) groups is 1. The van der Waals surface area contributed by atoms with Gasteiger partial charge in [0.15, 0.2) is 0 Å². The van der Waals surface area contributed by atoms with Gasteiger partial charge in [0.1, 0.15) is 0 Å². The van der Waals surface area contributed by atoms with E-state index in [9.17, 15) is 4.79 Å². The van der Waals surface area contributed by atoms with Crippen molar-refractivity contribution in [2.75, 3.05) is 0 Å². The number of carbonyl (C=O) groups excluding carboxylic acids is 2. The van der Waals surface area contributed by atoms with Crippen LogP contribution in [0.1, 0.15) is 15.9 Å². The van der Waals surface area contributed by atoms with Crippen LogP contribution in [-0.4, -0.2) is 12.0 Å². The minimum Gasteiger partial charge on any atom is -0.366 e. The van der Waals surface area contributed by atoms with Crippen molar-refractivity contribution in [3.8, 4) is 0 Å². The molecule has 1 aromatic rings. The van der Waals surface area contributed by atoms with Gasteiger partial charge in [-0.25, -0.2) is 10.2 Å². The molecule has 68 valence electrons. The van der Waals surface area contributed by atoms with E-state index < -0.39 is 0 Å². The lowest BCUT2D eigenvalue weighted by atomic mass is 10.1. The zero-order valence-electron chi connectivity index (χ0n) is 7.20. The highest BCUT2D eigenvalue weighted by atomic mass is 16.1. The molecule has 1 rings (SSSR count). The van der Waals surface area contributed by atoms with Gasteiger partial charge in [-0.15, -0.1) is 0 Å². The molecule has 0 bridgehead atoms. The number of aryl methyl sites for hydroxylation is 1. The molecule has 0 fully saturated rings. The van der Waals surface area contributed by atoms with Gasteiger partial charge >= 0.3 is 0 Å². The van der Waals surface area contributed by atoms with Gasteiger partial charge in [-0.3, -0.25) is 4.79 Å². The highest BCUT2D eigenvalue weighted by Gasteiger charge is 1.95. The molecule has 0 aliphatic heterocycles. The number of rotatable bonds is 1. The standard InChI is InChI=1S/C8H9NO.CHNO/c1-6-2-4-7(5-3-6)8(9)10;2-1-3/h2-5H,1H3,(H2,9,10);2H. The quantitative estimate of drug-likeness (QED) is 0.496. The molecule has 4 nitrogen and oxygen atoms in total. The zero-order valence-corrected chi connectivity index (χ0v) is 7.20. The Morgan fingerprint density at radius 1 is 1.38 bits per heavy atom. The van der Waals surface area contributed by atoms with Crippen LogP contribution < -0.4 is 5.73 Å². The average molecular weight is 178 g/mol. The topological polar surface area (TPSA) is 84.0 Å². The van der Waals surface area contributed by atoms with Gasteiger partial charge in [-0.05, 0) is 19.1 Å². The summed E-state index contributed by atoms with van der Waals surface area (Å²) in [7, 11) is 0. The van der Waals surface area contributed by atoms with Crippen LogP contribution in [0.25, 0.3) is 0 Å². The van der Waals surface area contributed by atoms with Gasteiger partial charge in [0, 0.05) is 5.56 Å². The SMILES string of the molecule is Cc1ccc(C(N)=O)cc1.N=C=O. The summed E-state index contributed by atoms with van der Waals surface area (Å²) < 4.78 is 0. The second kappa shape index (κ2) is 5.69. The van der Waals surface area contributed by atoms with Gasteiger partial charge in [0.05, 0.1) is 0 Å². The summed E-state index contributed by atoms with van der Waals surface area (Å²) in [5.74, 6) is -0.375. The van der Waals surface area contributed by atoms with Crippen LogP contribution in [0.5, 0.6) is 0 Å². The smallest absolute Gasteiger partial charge is 0.248 e. The van der Waals surface area contributed by atoms with Gasteiger partial charge in [-0.1, -0.05) is 17.7 Å². The predicted molar refractivity (Wildman–Crippen MR) is 48.1 cm³/mol. The Balaban J connectivity index is 0.000000424. The third-order valence-corrected chi connectivity index (χ3v) is 1.34. The first-order chi connectivity index (χ1) is 6.11. The number of nitrogens with one attached hydrogen (secondary N) is 1. The van der Waals surface area contributed by atoms with Gasteiger partial charge in [-0.2, -0.15) is 0 Å². The highest BCUT2D eigenvalue weighted by molar-refractivity contribution is 5.92. The summed E-state index contributed by atoms with van der Waals surface area (Å²) in [5.41, 5.74) is 6.72. The number of amides is 1. The molecule has 0 heterocycles. The maximum Gasteiger partial charge on any atom is 0.248 e. The molecule has 0 radical (unpaired) electrons. The molecular formula is C9H10N2O2. The number of primary amides is 1. The van der Waals surface area contributed by atoms with Gasteiger partial charge in [0.2, 0.25) is 12.0 Å². The van der Waals surface area contributed by atoms with Crippen molar-refractivity contribution in [2.45, 2.75) is 6.92 Å². The van der Waals surface area contributed by atoms with E-state index in [1.54, 1.807) is 12.1 Å². The zero-order chi connectivity index (χ0) is 10.3. The molecule has 0 aliphatic carbocycles. The van der Waals surface area contributed by atoms with E-state index in [-0.39, 0.29) is 5.91 Å². The molecule has 0 atom stereocenters. The Morgan fingerprint density at radius 2 is 1.77 bits per heavy atom. The second-order valence-corrected chi connectivity index (χ2v) is 2.33. The van der Waals surface area contributed by atoms with E-state index in [1.807, 2.05) is 19.1 Å². The third kappa shape index (κ3) is 4.50. The summed E-state index contributed by atoms with van der Waals surface area (Å²) >= 11 is 0. The molecule has 4 heteroatoms. The number of hydrogen-bond acceptors (Lipinski definition) is 3. The fraction of sp³-hybridized carbons (Fsp3) is 0.111. The maximum absolute atomic E-state index is 10.5. The number of hydrogen-bond donors (Lipinski definition) is 2. The lowest BCUT2D eigenvalue weighted by Crippen LogP contribution is -2.10. The van der Waals surface area contributed by atoms with Gasteiger partial charge in [0.25, 0.3) is 0 Å². The molecule has 0 aliphatic rings.